The Morgan fingerprint density at radius 1 is 1.04 bits per heavy atom. The maximum atomic E-state index is 12.9. The summed E-state index contributed by atoms with van der Waals surface area (Å²) in [6, 6.07) is 19.8. The van der Waals surface area contributed by atoms with Crippen molar-refractivity contribution in [2.24, 2.45) is 0 Å². The van der Waals surface area contributed by atoms with Gasteiger partial charge in [-0.1, -0.05) is 59.9 Å². The van der Waals surface area contributed by atoms with Gasteiger partial charge in [0.15, 0.2) is 0 Å². The van der Waals surface area contributed by atoms with Crippen LogP contribution in [0.1, 0.15) is 34.6 Å². The highest BCUT2D eigenvalue weighted by atomic mass is 32.2. The molecule has 1 fully saturated rings. The van der Waals surface area contributed by atoms with Crippen molar-refractivity contribution < 1.29 is 4.79 Å². The third-order valence-electron chi connectivity index (χ3n) is 3.93. The highest BCUT2D eigenvalue weighted by Gasteiger charge is 2.28. The molecule has 1 aliphatic rings. The van der Waals surface area contributed by atoms with Crippen molar-refractivity contribution >= 4 is 34.1 Å². The van der Waals surface area contributed by atoms with E-state index in [1.165, 1.54) is 35.9 Å². The first-order valence-corrected chi connectivity index (χ1v) is 9.90. The van der Waals surface area contributed by atoms with Crippen molar-refractivity contribution in [2.45, 2.75) is 28.9 Å². The minimum atomic E-state index is -0.336. The summed E-state index contributed by atoms with van der Waals surface area (Å²) >= 11 is 3.03. The normalized spacial score (nSPS) is 14.9. The molecule has 3 aromatic rings. The standard InChI is InChI=1S/C19H17N3OS2/c23-17(20-19-22-21-18(25-19)14-11-12-14)16(13-7-3-1-4-8-13)24-15-9-5-2-6-10-15/h1-10,14,16H,11-12H2,(H,20,22,23)/t16-/m0/s1. The first-order chi connectivity index (χ1) is 12.3. The van der Waals surface area contributed by atoms with Crippen molar-refractivity contribution in [3.8, 4) is 0 Å². The summed E-state index contributed by atoms with van der Waals surface area (Å²) < 4.78 is 0. The second-order valence-corrected chi connectivity index (χ2v) is 8.12. The van der Waals surface area contributed by atoms with E-state index in [4.69, 9.17) is 0 Å². The number of rotatable bonds is 6. The van der Waals surface area contributed by atoms with Gasteiger partial charge in [0.05, 0.1) is 0 Å². The number of amides is 1. The molecule has 1 N–H and O–H groups in total. The maximum absolute atomic E-state index is 12.9. The number of benzene rings is 2. The van der Waals surface area contributed by atoms with Gasteiger partial charge >= 0.3 is 0 Å². The van der Waals surface area contributed by atoms with Gasteiger partial charge in [0, 0.05) is 10.8 Å². The summed E-state index contributed by atoms with van der Waals surface area (Å²) in [5.41, 5.74) is 0.973. The zero-order valence-corrected chi connectivity index (χ0v) is 15.1. The Morgan fingerprint density at radius 2 is 1.72 bits per heavy atom. The topological polar surface area (TPSA) is 54.9 Å². The summed E-state index contributed by atoms with van der Waals surface area (Å²) in [5, 5.41) is 12.5. The average Bonchev–Trinajstić information content (AvgIpc) is 3.41. The van der Waals surface area contributed by atoms with Gasteiger partial charge in [-0.15, -0.1) is 22.0 Å². The summed E-state index contributed by atoms with van der Waals surface area (Å²) in [5.74, 6) is 0.477. The van der Waals surface area contributed by atoms with E-state index in [0.717, 1.165) is 15.5 Å². The first kappa shape index (κ1) is 16.3. The van der Waals surface area contributed by atoms with Gasteiger partial charge in [-0.25, -0.2) is 0 Å². The smallest absolute Gasteiger partial charge is 0.244 e. The summed E-state index contributed by atoms with van der Waals surface area (Å²) in [6.45, 7) is 0. The van der Waals surface area contributed by atoms with Crippen LogP contribution in [0.5, 0.6) is 0 Å². The number of hydrogen-bond acceptors (Lipinski definition) is 5. The fraction of sp³-hybridized carbons (Fsp3) is 0.211. The highest BCUT2D eigenvalue weighted by Crippen LogP contribution is 2.42. The van der Waals surface area contributed by atoms with Crippen molar-refractivity contribution in [3.05, 3.63) is 71.2 Å². The predicted molar refractivity (Wildman–Crippen MR) is 102 cm³/mol. The lowest BCUT2D eigenvalue weighted by atomic mass is 10.1. The van der Waals surface area contributed by atoms with E-state index in [0.29, 0.717) is 11.0 Å². The molecule has 2 aromatic carbocycles. The van der Waals surface area contributed by atoms with Crippen molar-refractivity contribution in [1.29, 1.82) is 0 Å². The molecule has 1 aliphatic carbocycles. The maximum Gasteiger partial charge on any atom is 0.244 e. The van der Waals surface area contributed by atoms with Crippen LogP contribution in [0.4, 0.5) is 5.13 Å². The summed E-state index contributed by atoms with van der Waals surface area (Å²) in [6.07, 6.45) is 2.36. The number of aromatic nitrogens is 2. The minimum Gasteiger partial charge on any atom is -0.299 e. The van der Waals surface area contributed by atoms with Gasteiger partial charge in [-0.3, -0.25) is 10.1 Å². The Hall–Kier alpha value is -2.18. The summed E-state index contributed by atoms with van der Waals surface area (Å²) in [4.78, 5) is 14.0. The molecule has 0 saturated heterocycles. The van der Waals surface area contributed by atoms with Crippen molar-refractivity contribution in [3.63, 3.8) is 0 Å². The molecule has 0 unspecified atom stereocenters. The third kappa shape index (κ3) is 4.08. The number of nitrogens with one attached hydrogen (secondary N) is 1. The average molecular weight is 367 g/mol. The summed E-state index contributed by atoms with van der Waals surface area (Å²) in [7, 11) is 0. The number of carbonyl (C=O) groups excluding carboxylic acids is 1. The van der Waals surface area contributed by atoms with Crippen LogP contribution in [0.25, 0.3) is 0 Å². The van der Waals surface area contributed by atoms with Crippen LogP contribution in [-0.2, 0) is 4.79 Å². The van der Waals surface area contributed by atoms with Crippen LogP contribution in [0.15, 0.2) is 65.6 Å². The number of anilines is 1. The van der Waals surface area contributed by atoms with E-state index in [2.05, 4.69) is 15.5 Å². The minimum absolute atomic E-state index is 0.0708. The van der Waals surface area contributed by atoms with Crippen LogP contribution in [0.2, 0.25) is 0 Å². The third-order valence-corrected chi connectivity index (χ3v) is 6.20. The molecule has 1 heterocycles. The van der Waals surface area contributed by atoms with E-state index < -0.39 is 0 Å². The fourth-order valence-electron chi connectivity index (χ4n) is 2.49. The van der Waals surface area contributed by atoms with Crippen LogP contribution in [0.3, 0.4) is 0 Å². The number of thioether (sulfide) groups is 1. The van der Waals surface area contributed by atoms with Crippen molar-refractivity contribution in [2.75, 3.05) is 5.32 Å². The first-order valence-electron chi connectivity index (χ1n) is 8.20. The fourth-order valence-corrected chi connectivity index (χ4v) is 4.45. The zero-order chi connectivity index (χ0) is 17.1. The molecular weight excluding hydrogens is 350 g/mol. The molecular formula is C19H17N3OS2. The molecule has 0 spiro atoms. The van der Waals surface area contributed by atoms with Crippen LogP contribution in [-0.4, -0.2) is 16.1 Å². The molecule has 1 aromatic heterocycles. The zero-order valence-electron chi connectivity index (χ0n) is 13.5. The molecule has 0 bridgehead atoms. The largest absolute Gasteiger partial charge is 0.299 e. The highest BCUT2D eigenvalue weighted by molar-refractivity contribution is 8.00. The molecule has 6 heteroatoms. The SMILES string of the molecule is O=C(Nc1nnc(C2CC2)s1)[C@@H](Sc1ccccc1)c1ccccc1. The van der Waals surface area contributed by atoms with Gasteiger partial charge in [0.25, 0.3) is 0 Å². The Kier molecular flexibility index (Phi) is 4.81. The van der Waals surface area contributed by atoms with Crippen LogP contribution in [0, 0.1) is 0 Å². The molecule has 126 valence electrons. The Balaban J connectivity index is 1.54. The monoisotopic (exact) mass is 367 g/mol. The Bertz CT molecular complexity index is 847. The van der Waals surface area contributed by atoms with E-state index in [-0.39, 0.29) is 11.2 Å². The second kappa shape index (κ2) is 7.37. The number of nitrogens with zero attached hydrogens (tertiary/aromatic N) is 2. The Labute approximate surface area is 154 Å². The van der Waals surface area contributed by atoms with Crippen molar-refractivity contribution in [1.82, 2.24) is 10.2 Å². The van der Waals surface area contributed by atoms with E-state index in [9.17, 15) is 4.79 Å². The molecule has 1 saturated carbocycles. The van der Waals surface area contributed by atoms with Gasteiger partial charge < -0.3 is 0 Å². The molecule has 1 amide bonds. The van der Waals surface area contributed by atoms with E-state index in [1.807, 2.05) is 60.7 Å². The quantitative estimate of drug-likeness (QED) is 0.630. The Morgan fingerprint density at radius 3 is 2.40 bits per heavy atom. The van der Waals surface area contributed by atoms with Gasteiger partial charge in [-0.05, 0) is 30.5 Å². The number of carbonyl (C=O) groups is 1. The molecule has 0 aliphatic heterocycles. The van der Waals surface area contributed by atoms with Gasteiger partial charge in [-0.2, -0.15) is 0 Å². The van der Waals surface area contributed by atoms with Gasteiger partial charge in [0.1, 0.15) is 10.3 Å². The number of hydrogen-bond donors (Lipinski definition) is 1. The molecule has 1 atom stereocenters. The predicted octanol–water partition coefficient (Wildman–Crippen LogP) is 4.89. The molecule has 0 radical (unpaired) electrons. The van der Waals surface area contributed by atoms with Crippen LogP contribution >= 0.6 is 23.1 Å². The molecule has 4 nitrogen and oxygen atoms in total. The van der Waals surface area contributed by atoms with Gasteiger partial charge in [0.2, 0.25) is 11.0 Å². The van der Waals surface area contributed by atoms with E-state index >= 15 is 0 Å². The van der Waals surface area contributed by atoms with Crippen LogP contribution < -0.4 is 5.32 Å². The molecule has 4 rings (SSSR count). The van der Waals surface area contributed by atoms with E-state index in [1.54, 1.807) is 0 Å². The lowest BCUT2D eigenvalue weighted by Gasteiger charge is -2.16. The molecule has 25 heavy (non-hydrogen) atoms. The lowest BCUT2D eigenvalue weighted by molar-refractivity contribution is -0.115. The lowest BCUT2D eigenvalue weighted by Crippen LogP contribution is -2.18. The second-order valence-electron chi connectivity index (χ2n) is 5.93.